The fourth-order valence-corrected chi connectivity index (χ4v) is 2.07. The average Bonchev–Trinajstić information content (AvgIpc) is 2.76. The second-order valence-electron chi connectivity index (χ2n) is 4.37. The van der Waals surface area contributed by atoms with Gasteiger partial charge in [0.15, 0.2) is 5.82 Å². The summed E-state index contributed by atoms with van der Waals surface area (Å²) >= 11 is 0. The molecule has 16 heavy (non-hydrogen) atoms. The van der Waals surface area contributed by atoms with Gasteiger partial charge < -0.3 is 9.63 Å². The van der Waals surface area contributed by atoms with Crippen molar-refractivity contribution in [2.45, 2.75) is 45.3 Å². The Morgan fingerprint density at radius 2 is 2.44 bits per heavy atom. The normalized spacial score (nSPS) is 24.6. The summed E-state index contributed by atoms with van der Waals surface area (Å²) in [4.78, 5) is 6.52. The van der Waals surface area contributed by atoms with Crippen LogP contribution in [0.3, 0.4) is 0 Å². The van der Waals surface area contributed by atoms with Gasteiger partial charge in [-0.3, -0.25) is 4.90 Å². The first-order valence-electron chi connectivity index (χ1n) is 5.95. The van der Waals surface area contributed by atoms with Gasteiger partial charge in [-0.05, 0) is 26.3 Å². The smallest absolute Gasteiger partial charge is 0.243 e. The molecule has 0 aromatic carbocycles. The molecule has 0 spiro atoms. The highest BCUT2D eigenvalue weighted by Crippen LogP contribution is 2.22. The van der Waals surface area contributed by atoms with Crippen LogP contribution >= 0.6 is 0 Å². The van der Waals surface area contributed by atoms with Crippen LogP contribution in [0.1, 0.15) is 44.4 Å². The average molecular weight is 225 g/mol. The summed E-state index contributed by atoms with van der Waals surface area (Å²) in [6, 6.07) is 0.0998. The zero-order chi connectivity index (χ0) is 11.5. The van der Waals surface area contributed by atoms with Crippen molar-refractivity contribution in [3.05, 3.63) is 11.7 Å². The van der Waals surface area contributed by atoms with Crippen LogP contribution in [0.2, 0.25) is 0 Å². The highest BCUT2D eigenvalue weighted by atomic mass is 16.5. The molecule has 1 aromatic rings. The molecule has 5 nitrogen and oxygen atoms in total. The highest BCUT2D eigenvalue weighted by Gasteiger charge is 2.26. The van der Waals surface area contributed by atoms with Crippen LogP contribution in [0.5, 0.6) is 0 Å². The molecule has 2 atom stereocenters. The van der Waals surface area contributed by atoms with Gasteiger partial charge in [0.2, 0.25) is 5.89 Å². The maximum Gasteiger partial charge on any atom is 0.243 e. The van der Waals surface area contributed by atoms with E-state index in [1.807, 2.05) is 13.8 Å². The van der Waals surface area contributed by atoms with E-state index >= 15 is 0 Å². The molecule has 2 heterocycles. The van der Waals surface area contributed by atoms with Crippen LogP contribution in [0.25, 0.3) is 0 Å². The van der Waals surface area contributed by atoms with Gasteiger partial charge in [-0.2, -0.15) is 4.98 Å². The lowest BCUT2D eigenvalue weighted by molar-refractivity contribution is 0.0422. The van der Waals surface area contributed by atoms with Gasteiger partial charge >= 0.3 is 0 Å². The Balaban J connectivity index is 2.02. The van der Waals surface area contributed by atoms with Crippen LogP contribution in [0, 0.1) is 0 Å². The fourth-order valence-electron chi connectivity index (χ4n) is 2.07. The number of piperidine rings is 1. The molecular formula is C11H19N3O2. The van der Waals surface area contributed by atoms with Gasteiger partial charge in [0.05, 0.1) is 12.1 Å². The predicted octanol–water partition coefficient (Wildman–Crippen LogP) is 1.15. The quantitative estimate of drug-likeness (QED) is 0.836. The first-order chi connectivity index (χ1) is 7.70. The number of hydrogen-bond donors (Lipinski definition) is 1. The second kappa shape index (κ2) is 4.93. The minimum atomic E-state index is -0.218. The van der Waals surface area contributed by atoms with Crippen LogP contribution < -0.4 is 0 Å². The Kier molecular flexibility index (Phi) is 3.56. The molecule has 1 aliphatic rings. The van der Waals surface area contributed by atoms with E-state index in [1.54, 1.807) is 0 Å². The first kappa shape index (κ1) is 11.5. The van der Waals surface area contributed by atoms with Crippen molar-refractivity contribution >= 4 is 0 Å². The molecule has 1 aliphatic heterocycles. The Hall–Kier alpha value is -0.940. The predicted molar refractivity (Wildman–Crippen MR) is 58.9 cm³/mol. The van der Waals surface area contributed by atoms with Gasteiger partial charge in [0.25, 0.3) is 0 Å². The summed E-state index contributed by atoms with van der Waals surface area (Å²) < 4.78 is 5.22. The van der Waals surface area contributed by atoms with Crippen molar-refractivity contribution in [2.24, 2.45) is 0 Å². The lowest BCUT2D eigenvalue weighted by Gasteiger charge is -2.32. The summed E-state index contributed by atoms with van der Waals surface area (Å²) in [6.07, 6.45) is 2.50. The Morgan fingerprint density at radius 1 is 1.62 bits per heavy atom. The molecule has 0 radical (unpaired) electrons. The molecule has 2 rings (SSSR count). The summed E-state index contributed by atoms with van der Waals surface area (Å²) in [5.41, 5.74) is 0. The van der Waals surface area contributed by atoms with E-state index in [0.717, 1.165) is 31.6 Å². The van der Waals surface area contributed by atoms with E-state index in [9.17, 15) is 5.11 Å². The van der Waals surface area contributed by atoms with Gasteiger partial charge in [0.1, 0.15) is 0 Å². The fraction of sp³-hybridized carbons (Fsp3) is 0.818. The minimum Gasteiger partial charge on any atom is -0.392 e. The van der Waals surface area contributed by atoms with E-state index in [0.29, 0.717) is 12.4 Å². The summed E-state index contributed by atoms with van der Waals surface area (Å²) in [7, 11) is 0. The molecule has 0 bridgehead atoms. The maximum absolute atomic E-state index is 9.62. The van der Waals surface area contributed by atoms with Gasteiger partial charge in [-0.15, -0.1) is 0 Å². The third kappa shape index (κ3) is 2.41. The van der Waals surface area contributed by atoms with Crippen molar-refractivity contribution in [2.75, 3.05) is 13.1 Å². The minimum absolute atomic E-state index is 0.0998. The lowest BCUT2D eigenvalue weighted by atomic mass is 10.1. The molecule has 1 fully saturated rings. The van der Waals surface area contributed by atoms with Gasteiger partial charge in [-0.25, -0.2) is 0 Å². The van der Waals surface area contributed by atoms with Crippen LogP contribution in [0.15, 0.2) is 4.52 Å². The highest BCUT2D eigenvalue weighted by molar-refractivity contribution is 4.93. The summed E-state index contributed by atoms with van der Waals surface area (Å²) in [5.74, 6) is 1.41. The molecule has 1 saturated heterocycles. The molecule has 0 aliphatic carbocycles. The molecule has 2 unspecified atom stereocenters. The SMILES string of the molecule is CCc1noc(C(C)N2CCCC(O)C2)n1. The topological polar surface area (TPSA) is 62.4 Å². The zero-order valence-electron chi connectivity index (χ0n) is 9.89. The number of rotatable bonds is 3. The van der Waals surface area contributed by atoms with Crippen molar-refractivity contribution < 1.29 is 9.63 Å². The van der Waals surface area contributed by atoms with Crippen LogP contribution in [-0.2, 0) is 6.42 Å². The number of hydrogen-bond acceptors (Lipinski definition) is 5. The third-order valence-corrected chi connectivity index (χ3v) is 3.13. The molecule has 0 amide bonds. The van der Waals surface area contributed by atoms with Gasteiger partial charge in [-0.1, -0.05) is 12.1 Å². The zero-order valence-corrected chi connectivity index (χ0v) is 9.89. The largest absolute Gasteiger partial charge is 0.392 e. The van der Waals surface area contributed by atoms with E-state index in [4.69, 9.17) is 4.52 Å². The molecule has 90 valence electrons. The van der Waals surface area contributed by atoms with Crippen LogP contribution in [0.4, 0.5) is 0 Å². The molecule has 0 saturated carbocycles. The number of aromatic nitrogens is 2. The monoisotopic (exact) mass is 225 g/mol. The van der Waals surface area contributed by atoms with E-state index in [2.05, 4.69) is 15.0 Å². The van der Waals surface area contributed by atoms with Crippen molar-refractivity contribution in [3.63, 3.8) is 0 Å². The lowest BCUT2D eigenvalue weighted by Crippen LogP contribution is -2.39. The van der Waals surface area contributed by atoms with E-state index in [1.165, 1.54) is 0 Å². The van der Waals surface area contributed by atoms with E-state index < -0.39 is 0 Å². The molecular weight excluding hydrogens is 206 g/mol. The maximum atomic E-state index is 9.62. The Bertz CT molecular complexity index is 340. The number of β-amino-alcohol motifs (C(OH)–C–C–N with tert-alkyl or cyclic N) is 1. The van der Waals surface area contributed by atoms with Gasteiger partial charge in [0, 0.05) is 13.0 Å². The number of likely N-dealkylation sites (tertiary alicyclic amines) is 1. The number of aliphatic hydroxyl groups is 1. The number of nitrogens with zero attached hydrogens (tertiary/aromatic N) is 3. The number of aliphatic hydroxyl groups excluding tert-OH is 1. The van der Waals surface area contributed by atoms with Crippen molar-refractivity contribution in [1.82, 2.24) is 15.0 Å². The van der Waals surface area contributed by atoms with Crippen LogP contribution in [-0.4, -0.2) is 39.3 Å². The summed E-state index contributed by atoms with van der Waals surface area (Å²) in [6.45, 7) is 5.74. The summed E-state index contributed by atoms with van der Waals surface area (Å²) in [5, 5.41) is 13.5. The molecule has 5 heteroatoms. The standard InChI is InChI=1S/C11H19N3O2/c1-3-10-12-11(16-13-10)8(2)14-6-4-5-9(15)7-14/h8-9,15H,3-7H2,1-2H3. The second-order valence-corrected chi connectivity index (χ2v) is 4.37. The van der Waals surface area contributed by atoms with Crippen molar-refractivity contribution in [1.29, 1.82) is 0 Å². The molecule has 1 N–H and O–H groups in total. The number of aryl methyl sites for hydroxylation is 1. The first-order valence-corrected chi connectivity index (χ1v) is 5.95. The van der Waals surface area contributed by atoms with E-state index in [-0.39, 0.29) is 12.1 Å². The molecule has 1 aromatic heterocycles. The Morgan fingerprint density at radius 3 is 3.06 bits per heavy atom. The van der Waals surface area contributed by atoms with Crippen molar-refractivity contribution in [3.8, 4) is 0 Å². The Labute approximate surface area is 95.4 Å². The third-order valence-electron chi connectivity index (χ3n) is 3.13.